The van der Waals surface area contributed by atoms with E-state index >= 15 is 0 Å². The van der Waals surface area contributed by atoms with Crippen molar-refractivity contribution in [1.29, 1.82) is 0 Å². The number of aromatic nitrogens is 1. The lowest BCUT2D eigenvalue weighted by Gasteiger charge is -2.28. The molecule has 1 saturated carbocycles. The van der Waals surface area contributed by atoms with Gasteiger partial charge in [-0.15, -0.1) is 0 Å². The summed E-state index contributed by atoms with van der Waals surface area (Å²) in [5.74, 6) is 0.342. The van der Waals surface area contributed by atoms with Crippen LogP contribution in [0.5, 0.6) is 0 Å². The van der Waals surface area contributed by atoms with Gasteiger partial charge in [0.15, 0.2) is 5.58 Å². The molecule has 2 heterocycles. The molecule has 2 amide bonds. The molecular formula is C24H26FN3O2. The van der Waals surface area contributed by atoms with Crippen LogP contribution in [0.4, 0.5) is 9.18 Å². The molecule has 1 atom stereocenters. The van der Waals surface area contributed by atoms with Crippen molar-refractivity contribution in [2.45, 2.75) is 57.0 Å². The molecule has 0 spiro atoms. The van der Waals surface area contributed by atoms with Crippen LogP contribution < -0.4 is 5.32 Å². The molecule has 6 heteroatoms. The predicted octanol–water partition coefficient (Wildman–Crippen LogP) is 5.81. The number of fused-ring (bicyclic) bond motifs is 1. The van der Waals surface area contributed by atoms with Gasteiger partial charge in [-0.25, -0.2) is 14.2 Å². The number of nitrogens with zero attached hydrogens (tertiary/aromatic N) is 2. The fourth-order valence-electron chi connectivity index (χ4n) is 4.68. The van der Waals surface area contributed by atoms with Crippen LogP contribution in [0.15, 0.2) is 46.9 Å². The summed E-state index contributed by atoms with van der Waals surface area (Å²) >= 11 is 0. The summed E-state index contributed by atoms with van der Waals surface area (Å²) in [6.45, 7) is 0.725. The zero-order valence-electron chi connectivity index (χ0n) is 16.9. The van der Waals surface area contributed by atoms with E-state index in [0.717, 1.165) is 48.9 Å². The van der Waals surface area contributed by atoms with Crippen molar-refractivity contribution in [2.24, 2.45) is 0 Å². The quantitative estimate of drug-likeness (QED) is 0.596. The van der Waals surface area contributed by atoms with E-state index in [9.17, 15) is 9.18 Å². The number of nitrogens with one attached hydrogen (secondary N) is 1. The van der Waals surface area contributed by atoms with Gasteiger partial charge in [0.2, 0.25) is 5.89 Å². The summed E-state index contributed by atoms with van der Waals surface area (Å²) in [5.41, 5.74) is 3.35. The number of amides is 2. The van der Waals surface area contributed by atoms with Gasteiger partial charge in [-0.3, -0.25) is 0 Å². The van der Waals surface area contributed by atoms with Gasteiger partial charge >= 0.3 is 6.03 Å². The Labute approximate surface area is 175 Å². The highest BCUT2D eigenvalue weighted by Crippen LogP contribution is 2.34. The average Bonchev–Trinajstić information content (AvgIpc) is 3.41. The van der Waals surface area contributed by atoms with Crippen molar-refractivity contribution >= 4 is 17.1 Å². The minimum atomic E-state index is -0.253. The Morgan fingerprint density at radius 1 is 1.00 bits per heavy atom. The minimum Gasteiger partial charge on any atom is -0.438 e. The summed E-state index contributed by atoms with van der Waals surface area (Å²) < 4.78 is 19.3. The second-order valence-corrected chi connectivity index (χ2v) is 8.38. The molecule has 0 bridgehead atoms. The Hall–Kier alpha value is -2.89. The van der Waals surface area contributed by atoms with Crippen LogP contribution >= 0.6 is 0 Å². The lowest BCUT2D eigenvalue weighted by atomic mass is 9.96. The lowest BCUT2D eigenvalue weighted by molar-refractivity contribution is 0.178. The van der Waals surface area contributed by atoms with Crippen LogP contribution in [0.2, 0.25) is 0 Å². The van der Waals surface area contributed by atoms with Gasteiger partial charge in [-0.2, -0.15) is 0 Å². The van der Waals surface area contributed by atoms with Crippen LogP contribution in [0, 0.1) is 5.82 Å². The minimum absolute atomic E-state index is 0.00124. The molecule has 1 aromatic heterocycles. The number of likely N-dealkylation sites (tertiary alicyclic amines) is 1. The van der Waals surface area contributed by atoms with E-state index in [1.807, 2.05) is 23.1 Å². The molecular weight excluding hydrogens is 381 g/mol. The number of benzene rings is 2. The maximum absolute atomic E-state index is 13.2. The van der Waals surface area contributed by atoms with Gasteiger partial charge in [0.1, 0.15) is 17.4 Å². The van der Waals surface area contributed by atoms with E-state index in [0.29, 0.717) is 11.5 Å². The van der Waals surface area contributed by atoms with Gasteiger partial charge < -0.3 is 14.6 Å². The summed E-state index contributed by atoms with van der Waals surface area (Å²) in [7, 11) is 0. The van der Waals surface area contributed by atoms with E-state index in [1.165, 1.54) is 31.4 Å². The molecule has 1 N–H and O–H groups in total. The second kappa shape index (κ2) is 8.09. The van der Waals surface area contributed by atoms with E-state index in [4.69, 9.17) is 9.40 Å². The summed E-state index contributed by atoms with van der Waals surface area (Å²) in [4.78, 5) is 19.5. The van der Waals surface area contributed by atoms with Crippen molar-refractivity contribution in [1.82, 2.24) is 15.2 Å². The van der Waals surface area contributed by atoms with E-state index in [-0.39, 0.29) is 23.9 Å². The van der Waals surface area contributed by atoms with Crippen LogP contribution in [0.1, 0.15) is 56.9 Å². The second-order valence-electron chi connectivity index (χ2n) is 8.38. The third-order valence-corrected chi connectivity index (χ3v) is 6.31. The predicted molar refractivity (Wildman–Crippen MR) is 113 cm³/mol. The molecule has 2 fully saturated rings. The molecule has 3 aromatic rings. The van der Waals surface area contributed by atoms with Gasteiger partial charge in [0.05, 0.1) is 0 Å². The highest BCUT2D eigenvalue weighted by atomic mass is 19.1. The average molecular weight is 407 g/mol. The SMILES string of the molecule is O=C(NC1CCCCC1)N1CCCC1c1nc2cc(-c3ccc(F)cc3)ccc2o1. The maximum atomic E-state index is 13.2. The topological polar surface area (TPSA) is 58.4 Å². The Morgan fingerprint density at radius 3 is 2.57 bits per heavy atom. The molecule has 5 rings (SSSR count). The molecule has 1 aliphatic carbocycles. The van der Waals surface area contributed by atoms with Gasteiger partial charge in [0.25, 0.3) is 0 Å². The first-order chi connectivity index (χ1) is 14.7. The Morgan fingerprint density at radius 2 is 1.77 bits per heavy atom. The zero-order valence-corrected chi connectivity index (χ0v) is 16.9. The van der Waals surface area contributed by atoms with Gasteiger partial charge in [-0.1, -0.05) is 37.5 Å². The fraction of sp³-hybridized carbons (Fsp3) is 0.417. The molecule has 0 radical (unpaired) electrons. The largest absolute Gasteiger partial charge is 0.438 e. The molecule has 1 unspecified atom stereocenters. The molecule has 5 nitrogen and oxygen atoms in total. The number of hydrogen-bond donors (Lipinski definition) is 1. The van der Waals surface area contributed by atoms with Crippen LogP contribution in [0.25, 0.3) is 22.2 Å². The van der Waals surface area contributed by atoms with Gasteiger partial charge in [0, 0.05) is 12.6 Å². The van der Waals surface area contributed by atoms with Crippen LogP contribution in [-0.2, 0) is 0 Å². The van der Waals surface area contributed by atoms with Crippen LogP contribution in [-0.4, -0.2) is 28.5 Å². The Bertz CT molecular complexity index is 1040. The number of rotatable bonds is 3. The van der Waals surface area contributed by atoms with Crippen LogP contribution in [0.3, 0.4) is 0 Å². The van der Waals surface area contributed by atoms with Crippen molar-refractivity contribution in [3.63, 3.8) is 0 Å². The zero-order chi connectivity index (χ0) is 20.5. The normalized spacial score (nSPS) is 20.0. The summed E-state index contributed by atoms with van der Waals surface area (Å²) in [6.07, 6.45) is 7.59. The number of carbonyl (C=O) groups excluding carboxylic acids is 1. The first kappa shape index (κ1) is 19.1. The van der Waals surface area contributed by atoms with Crippen molar-refractivity contribution < 1.29 is 13.6 Å². The number of carbonyl (C=O) groups is 1. The number of urea groups is 1. The third-order valence-electron chi connectivity index (χ3n) is 6.31. The van der Waals surface area contributed by atoms with E-state index < -0.39 is 0 Å². The fourth-order valence-corrected chi connectivity index (χ4v) is 4.68. The molecule has 2 aliphatic rings. The molecule has 30 heavy (non-hydrogen) atoms. The number of hydrogen-bond acceptors (Lipinski definition) is 3. The van der Waals surface area contributed by atoms with Gasteiger partial charge in [-0.05, 0) is 61.1 Å². The summed E-state index contributed by atoms with van der Waals surface area (Å²) in [5, 5.41) is 3.22. The Kier molecular flexibility index (Phi) is 5.15. The molecule has 1 saturated heterocycles. The van der Waals surface area contributed by atoms with Crippen molar-refractivity contribution in [3.05, 3.63) is 54.2 Å². The van der Waals surface area contributed by atoms with E-state index in [2.05, 4.69) is 5.32 Å². The first-order valence-corrected chi connectivity index (χ1v) is 10.9. The maximum Gasteiger partial charge on any atom is 0.318 e. The number of oxazole rings is 1. The highest BCUT2D eigenvalue weighted by molar-refractivity contribution is 5.80. The van der Waals surface area contributed by atoms with Crippen molar-refractivity contribution in [2.75, 3.05) is 6.54 Å². The number of halogens is 1. The standard InChI is InChI=1S/C24H26FN3O2/c25-18-11-8-16(9-12-18)17-10-13-22-20(15-17)27-23(30-22)21-7-4-14-28(21)24(29)26-19-5-2-1-3-6-19/h8-13,15,19,21H,1-7,14H2,(H,26,29). The van der Waals surface area contributed by atoms with E-state index in [1.54, 1.807) is 12.1 Å². The monoisotopic (exact) mass is 407 g/mol. The Balaban J connectivity index is 1.36. The molecule has 1 aliphatic heterocycles. The molecule has 156 valence electrons. The smallest absolute Gasteiger partial charge is 0.318 e. The van der Waals surface area contributed by atoms with Crippen molar-refractivity contribution in [3.8, 4) is 11.1 Å². The lowest BCUT2D eigenvalue weighted by Crippen LogP contribution is -2.45. The third kappa shape index (κ3) is 3.78. The highest BCUT2D eigenvalue weighted by Gasteiger charge is 2.34. The summed E-state index contributed by atoms with van der Waals surface area (Å²) in [6, 6.07) is 12.4. The first-order valence-electron chi connectivity index (χ1n) is 10.9. The molecule has 2 aromatic carbocycles.